The maximum atomic E-state index is 14.1. The molecule has 0 saturated heterocycles. The minimum Gasteiger partial charge on any atom is -0.271 e. The van der Waals surface area contributed by atoms with E-state index in [9.17, 15) is 13.2 Å². The van der Waals surface area contributed by atoms with Gasteiger partial charge in [0.25, 0.3) is 0 Å². The molecule has 106 valence electrons. The highest BCUT2D eigenvalue weighted by molar-refractivity contribution is 5.29. The van der Waals surface area contributed by atoms with E-state index in [0.29, 0.717) is 16.7 Å². The van der Waals surface area contributed by atoms with Gasteiger partial charge in [-0.3, -0.25) is 11.3 Å². The summed E-state index contributed by atoms with van der Waals surface area (Å²) in [6.07, 6.45) is 0.186. The van der Waals surface area contributed by atoms with E-state index in [2.05, 4.69) is 5.43 Å². The van der Waals surface area contributed by atoms with Crippen molar-refractivity contribution in [2.75, 3.05) is 0 Å². The van der Waals surface area contributed by atoms with E-state index in [1.807, 2.05) is 0 Å². The summed E-state index contributed by atoms with van der Waals surface area (Å²) in [6, 6.07) is 7.61. The van der Waals surface area contributed by atoms with Crippen LogP contribution in [0.2, 0.25) is 0 Å². The highest BCUT2D eigenvalue weighted by Gasteiger charge is 2.17. The van der Waals surface area contributed by atoms with Crippen molar-refractivity contribution in [3.05, 3.63) is 70.5 Å². The molecular weight excluding hydrogens is 265 g/mol. The van der Waals surface area contributed by atoms with E-state index in [4.69, 9.17) is 5.84 Å². The van der Waals surface area contributed by atoms with Gasteiger partial charge in [-0.1, -0.05) is 18.2 Å². The summed E-state index contributed by atoms with van der Waals surface area (Å²) in [5, 5.41) is 0. The van der Waals surface area contributed by atoms with Crippen LogP contribution >= 0.6 is 0 Å². The van der Waals surface area contributed by atoms with Crippen LogP contribution in [-0.2, 0) is 6.42 Å². The second kappa shape index (κ2) is 6.07. The molecule has 0 bridgehead atoms. The van der Waals surface area contributed by atoms with Crippen LogP contribution in [0.4, 0.5) is 13.2 Å². The van der Waals surface area contributed by atoms with Crippen LogP contribution in [0, 0.1) is 24.4 Å². The van der Waals surface area contributed by atoms with Gasteiger partial charge in [0.15, 0.2) is 0 Å². The largest absolute Gasteiger partial charge is 0.271 e. The third-order valence-corrected chi connectivity index (χ3v) is 3.16. The van der Waals surface area contributed by atoms with Crippen molar-refractivity contribution in [2.24, 2.45) is 5.84 Å². The van der Waals surface area contributed by atoms with Gasteiger partial charge in [-0.25, -0.2) is 13.2 Å². The molecule has 0 aliphatic rings. The molecule has 0 heterocycles. The van der Waals surface area contributed by atoms with Gasteiger partial charge in [-0.2, -0.15) is 0 Å². The molecular formula is C15H15F3N2. The maximum Gasteiger partial charge on any atom is 0.130 e. The summed E-state index contributed by atoms with van der Waals surface area (Å²) in [7, 11) is 0. The van der Waals surface area contributed by atoms with Gasteiger partial charge >= 0.3 is 0 Å². The molecule has 3 N–H and O–H groups in total. The van der Waals surface area contributed by atoms with Crippen LogP contribution in [0.1, 0.15) is 22.7 Å². The number of rotatable bonds is 4. The van der Waals surface area contributed by atoms with Gasteiger partial charge in [-0.05, 0) is 36.6 Å². The first-order valence-electron chi connectivity index (χ1n) is 6.17. The van der Waals surface area contributed by atoms with Crippen LogP contribution in [0.5, 0.6) is 0 Å². The molecule has 0 aromatic heterocycles. The Morgan fingerprint density at radius 1 is 1.10 bits per heavy atom. The Bertz CT molecular complexity index is 594. The Kier molecular flexibility index (Phi) is 4.42. The van der Waals surface area contributed by atoms with Crippen LogP contribution in [0.3, 0.4) is 0 Å². The molecule has 2 nitrogen and oxygen atoms in total. The van der Waals surface area contributed by atoms with E-state index in [1.165, 1.54) is 12.1 Å². The SMILES string of the molecule is Cc1cccc(C(Cc2cc(F)cc(F)c2)NN)c1F. The highest BCUT2D eigenvalue weighted by atomic mass is 19.1. The van der Waals surface area contributed by atoms with Gasteiger partial charge < -0.3 is 0 Å². The number of hydrogen-bond acceptors (Lipinski definition) is 2. The predicted molar refractivity (Wildman–Crippen MR) is 71.3 cm³/mol. The summed E-state index contributed by atoms with van der Waals surface area (Å²) in [6.45, 7) is 1.65. The fourth-order valence-electron chi connectivity index (χ4n) is 2.16. The Morgan fingerprint density at radius 2 is 1.75 bits per heavy atom. The first-order chi connectivity index (χ1) is 9.51. The third-order valence-electron chi connectivity index (χ3n) is 3.16. The zero-order chi connectivity index (χ0) is 14.7. The Hall–Kier alpha value is -1.85. The smallest absolute Gasteiger partial charge is 0.130 e. The van der Waals surface area contributed by atoms with Crippen molar-refractivity contribution >= 4 is 0 Å². The first kappa shape index (κ1) is 14.6. The molecule has 2 rings (SSSR count). The molecule has 0 aliphatic heterocycles. The van der Waals surface area contributed by atoms with E-state index in [1.54, 1.807) is 25.1 Å². The number of nitrogens with one attached hydrogen (secondary N) is 1. The third kappa shape index (κ3) is 3.18. The lowest BCUT2D eigenvalue weighted by molar-refractivity contribution is 0.503. The Balaban J connectivity index is 2.31. The molecule has 2 aromatic rings. The highest BCUT2D eigenvalue weighted by Crippen LogP contribution is 2.23. The van der Waals surface area contributed by atoms with E-state index >= 15 is 0 Å². The van der Waals surface area contributed by atoms with Gasteiger partial charge in [0.2, 0.25) is 0 Å². The first-order valence-corrected chi connectivity index (χ1v) is 6.17. The molecule has 20 heavy (non-hydrogen) atoms. The normalized spacial score (nSPS) is 12.4. The van der Waals surface area contributed by atoms with Crippen molar-refractivity contribution in [2.45, 2.75) is 19.4 Å². The van der Waals surface area contributed by atoms with Crippen LogP contribution in [0.25, 0.3) is 0 Å². The molecule has 0 radical (unpaired) electrons. The van der Waals surface area contributed by atoms with Crippen LogP contribution < -0.4 is 11.3 Å². The van der Waals surface area contributed by atoms with Crippen molar-refractivity contribution in [3.63, 3.8) is 0 Å². The molecule has 0 amide bonds. The fraction of sp³-hybridized carbons (Fsp3) is 0.200. The minimum absolute atomic E-state index is 0.186. The van der Waals surface area contributed by atoms with E-state index < -0.39 is 17.7 Å². The number of benzene rings is 2. The van der Waals surface area contributed by atoms with Crippen LogP contribution in [0.15, 0.2) is 36.4 Å². The number of hydrogen-bond donors (Lipinski definition) is 2. The van der Waals surface area contributed by atoms with Crippen molar-refractivity contribution in [3.8, 4) is 0 Å². The van der Waals surface area contributed by atoms with Crippen LogP contribution in [-0.4, -0.2) is 0 Å². The van der Waals surface area contributed by atoms with Gasteiger partial charge in [0.05, 0.1) is 6.04 Å². The molecule has 0 spiro atoms. The minimum atomic E-state index is -0.666. The average Bonchev–Trinajstić information content (AvgIpc) is 2.38. The molecule has 0 fully saturated rings. The molecule has 0 aliphatic carbocycles. The Morgan fingerprint density at radius 3 is 2.35 bits per heavy atom. The van der Waals surface area contributed by atoms with Crippen molar-refractivity contribution in [1.82, 2.24) is 5.43 Å². The molecule has 5 heteroatoms. The number of aryl methyl sites for hydroxylation is 1. The summed E-state index contributed by atoms with van der Waals surface area (Å²) in [5.41, 5.74) is 3.76. The average molecular weight is 280 g/mol. The summed E-state index contributed by atoms with van der Waals surface area (Å²) >= 11 is 0. The van der Waals surface area contributed by atoms with Gasteiger partial charge in [0, 0.05) is 11.6 Å². The zero-order valence-corrected chi connectivity index (χ0v) is 11.0. The van der Waals surface area contributed by atoms with Gasteiger partial charge in [0.1, 0.15) is 17.5 Å². The molecule has 0 saturated carbocycles. The van der Waals surface area contributed by atoms with Crippen molar-refractivity contribution in [1.29, 1.82) is 0 Å². The molecule has 2 aromatic carbocycles. The lowest BCUT2D eigenvalue weighted by Crippen LogP contribution is -2.30. The maximum absolute atomic E-state index is 14.1. The predicted octanol–water partition coefficient (Wildman–Crippen LogP) is 3.16. The fourth-order valence-corrected chi connectivity index (χ4v) is 2.16. The number of halogens is 3. The second-order valence-corrected chi connectivity index (χ2v) is 4.68. The zero-order valence-electron chi connectivity index (χ0n) is 11.0. The number of hydrazine groups is 1. The van der Waals surface area contributed by atoms with E-state index in [0.717, 1.165) is 6.07 Å². The van der Waals surface area contributed by atoms with Gasteiger partial charge in [-0.15, -0.1) is 0 Å². The molecule has 1 atom stereocenters. The second-order valence-electron chi connectivity index (χ2n) is 4.68. The summed E-state index contributed by atoms with van der Waals surface area (Å²) in [4.78, 5) is 0. The topological polar surface area (TPSA) is 38.0 Å². The lowest BCUT2D eigenvalue weighted by Gasteiger charge is -2.18. The quantitative estimate of drug-likeness (QED) is 0.667. The Labute approximate surface area is 115 Å². The summed E-state index contributed by atoms with van der Waals surface area (Å²) in [5.74, 6) is 3.74. The number of nitrogens with two attached hydrogens (primary N) is 1. The standard InChI is InChI=1S/C15H15F3N2/c1-9-3-2-4-13(15(9)18)14(20-19)7-10-5-11(16)8-12(17)6-10/h2-6,8,14,20H,7,19H2,1H3. The monoisotopic (exact) mass is 280 g/mol. The lowest BCUT2D eigenvalue weighted by atomic mass is 9.97. The summed E-state index contributed by atoms with van der Waals surface area (Å²) < 4.78 is 40.4. The molecule has 1 unspecified atom stereocenters. The van der Waals surface area contributed by atoms with E-state index in [-0.39, 0.29) is 12.2 Å². The van der Waals surface area contributed by atoms with Crippen molar-refractivity contribution < 1.29 is 13.2 Å².